The minimum absolute atomic E-state index is 0.0405. The van der Waals surface area contributed by atoms with Crippen LogP contribution in [0.3, 0.4) is 0 Å². The van der Waals surface area contributed by atoms with Gasteiger partial charge in [0.25, 0.3) is 10.0 Å². The van der Waals surface area contributed by atoms with Crippen LogP contribution < -0.4 is 10.0 Å². The summed E-state index contributed by atoms with van der Waals surface area (Å²) < 4.78 is 27.6. The van der Waals surface area contributed by atoms with Gasteiger partial charge in [0.05, 0.1) is 0 Å². The SMILES string of the molecule is CNCc1ccc(S(=O)(=O)NC2CCCC(C)CC2)nc1. The lowest BCUT2D eigenvalue weighted by Gasteiger charge is -2.16. The van der Waals surface area contributed by atoms with Crippen LogP contribution in [-0.2, 0) is 16.6 Å². The van der Waals surface area contributed by atoms with Gasteiger partial charge in [-0.05, 0) is 43.9 Å². The molecule has 0 spiro atoms. The maximum absolute atomic E-state index is 12.4. The molecule has 1 aliphatic rings. The van der Waals surface area contributed by atoms with Crippen molar-refractivity contribution in [2.75, 3.05) is 7.05 Å². The zero-order chi connectivity index (χ0) is 15.3. The van der Waals surface area contributed by atoms with Gasteiger partial charge >= 0.3 is 0 Å². The Bertz CT molecular complexity index is 543. The standard InChI is InChI=1S/C15H25N3O2S/c1-12-4-3-5-14(8-6-12)18-21(19,20)15-9-7-13(10-16-2)11-17-15/h7,9,11-12,14,16,18H,3-6,8,10H2,1-2H3. The van der Waals surface area contributed by atoms with Gasteiger partial charge in [-0.3, -0.25) is 0 Å². The average Bonchev–Trinajstić information content (AvgIpc) is 2.64. The number of hydrogen-bond donors (Lipinski definition) is 2. The zero-order valence-electron chi connectivity index (χ0n) is 12.8. The number of nitrogens with zero attached hydrogens (tertiary/aromatic N) is 1. The number of hydrogen-bond acceptors (Lipinski definition) is 4. The Kier molecular flexibility index (Phi) is 5.72. The molecule has 0 aromatic carbocycles. The molecule has 2 rings (SSSR count). The summed E-state index contributed by atoms with van der Waals surface area (Å²) in [5.41, 5.74) is 0.972. The van der Waals surface area contributed by atoms with Crippen LogP contribution in [0.2, 0.25) is 0 Å². The van der Waals surface area contributed by atoms with E-state index in [0.717, 1.165) is 31.2 Å². The number of nitrogens with one attached hydrogen (secondary N) is 2. The van der Waals surface area contributed by atoms with Gasteiger partial charge in [-0.25, -0.2) is 18.1 Å². The maximum Gasteiger partial charge on any atom is 0.258 e. The van der Waals surface area contributed by atoms with Crippen molar-refractivity contribution in [3.63, 3.8) is 0 Å². The fraction of sp³-hybridized carbons (Fsp3) is 0.667. The first-order valence-electron chi connectivity index (χ1n) is 7.63. The molecule has 0 saturated heterocycles. The van der Waals surface area contributed by atoms with Crippen molar-refractivity contribution in [3.8, 4) is 0 Å². The Labute approximate surface area is 127 Å². The minimum atomic E-state index is -3.51. The van der Waals surface area contributed by atoms with E-state index < -0.39 is 10.0 Å². The van der Waals surface area contributed by atoms with E-state index in [9.17, 15) is 8.42 Å². The molecule has 0 amide bonds. The van der Waals surface area contributed by atoms with Crippen molar-refractivity contribution < 1.29 is 8.42 Å². The van der Waals surface area contributed by atoms with Crippen LogP contribution in [0.15, 0.2) is 23.4 Å². The van der Waals surface area contributed by atoms with Gasteiger partial charge in [-0.2, -0.15) is 0 Å². The monoisotopic (exact) mass is 311 g/mol. The number of sulfonamides is 1. The first-order valence-corrected chi connectivity index (χ1v) is 9.11. The van der Waals surface area contributed by atoms with Crippen LogP contribution in [-0.4, -0.2) is 26.5 Å². The molecule has 118 valence electrons. The molecular formula is C15H25N3O2S. The van der Waals surface area contributed by atoms with E-state index in [2.05, 4.69) is 21.9 Å². The Morgan fingerprint density at radius 2 is 2.05 bits per heavy atom. The molecule has 0 radical (unpaired) electrons. The molecule has 5 nitrogen and oxygen atoms in total. The van der Waals surface area contributed by atoms with E-state index in [1.165, 1.54) is 6.42 Å². The predicted octanol–water partition coefficient (Wildman–Crippen LogP) is 2.05. The van der Waals surface area contributed by atoms with Gasteiger partial charge < -0.3 is 5.32 Å². The summed E-state index contributed by atoms with van der Waals surface area (Å²) in [6, 6.07) is 3.42. The first kappa shape index (κ1) is 16.4. The van der Waals surface area contributed by atoms with E-state index in [0.29, 0.717) is 12.5 Å². The van der Waals surface area contributed by atoms with Gasteiger partial charge in [0, 0.05) is 18.8 Å². The summed E-state index contributed by atoms with van der Waals surface area (Å²) in [5.74, 6) is 0.693. The summed E-state index contributed by atoms with van der Waals surface area (Å²) >= 11 is 0. The van der Waals surface area contributed by atoms with Gasteiger partial charge in [0.2, 0.25) is 0 Å². The molecular weight excluding hydrogens is 286 g/mol. The van der Waals surface area contributed by atoms with Crippen LogP contribution in [0.25, 0.3) is 0 Å². The fourth-order valence-electron chi connectivity index (χ4n) is 2.76. The molecule has 1 aromatic rings. The summed E-state index contributed by atoms with van der Waals surface area (Å²) in [6.45, 7) is 2.92. The van der Waals surface area contributed by atoms with Crippen molar-refractivity contribution in [1.82, 2.24) is 15.0 Å². The first-order chi connectivity index (χ1) is 10.0. The highest BCUT2D eigenvalue weighted by atomic mass is 32.2. The van der Waals surface area contributed by atoms with Crippen LogP contribution in [0.1, 0.15) is 44.6 Å². The third-order valence-corrected chi connectivity index (χ3v) is 5.47. The highest BCUT2D eigenvalue weighted by molar-refractivity contribution is 7.89. The molecule has 0 bridgehead atoms. The summed E-state index contributed by atoms with van der Waals surface area (Å²) in [7, 11) is -1.66. The Morgan fingerprint density at radius 3 is 2.71 bits per heavy atom. The summed E-state index contributed by atoms with van der Waals surface area (Å²) in [5, 5.41) is 3.12. The number of aromatic nitrogens is 1. The molecule has 2 N–H and O–H groups in total. The smallest absolute Gasteiger partial charge is 0.258 e. The van der Waals surface area contributed by atoms with E-state index in [1.807, 2.05) is 7.05 Å². The van der Waals surface area contributed by atoms with Crippen LogP contribution in [0.4, 0.5) is 0 Å². The quantitative estimate of drug-likeness (QED) is 0.817. The molecule has 2 unspecified atom stereocenters. The van der Waals surface area contributed by atoms with Gasteiger partial charge in [-0.15, -0.1) is 0 Å². The van der Waals surface area contributed by atoms with Crippen LogP contribution in [0, 0.1) is 5.92 Å². The average molecular weight is 311 g/mol. The Hall–Kier alpha value is -0.980. The third kappa shape index (κ3) is 4.76. The second-order valence-corrected chi connectivity index (χ2v) is 7.63. The molecule has 2 atom stereocenters. The van der Waals surface area contributed by atoms with Crippen molar-refractivity contribution in [1.29, 1.82) is 0 Å². The lowest BCUT2D eigenvalue weighted by Crippen LogP contribution is -2.34. The largest absolute Gasteiger partial charge is 0.316 e. The van der Waals surface area contributed by atoms with E-state index >= 15 is 0 Å². The second-order valence-electron chi connectivity index (χ2n) is 5.97. The molecule has 0 aliphatic heterocycles. The van der Waals surface area contributed by atoms with Gasteiger partial charge in [0.15, 0.2) is 5.03 Å². The normalized spacial score (nSPS) is 23.7. The van der Waals surface area contributed by atoms with Crippen molar-refractivity contribution >= 4 is 10.0 Å². The lowest BCUT2D eigenvalue weighted by molar-refractivity contribution is 0.484. The van der Waals surface area contributed by atoms with Crippen molar-refractivity contribution in [2.45, 2.75) is 56.6 Å². The Balaban J connectivity index is 2.03. The third-order valence-electron chi connectivity index (χ3n) is 4.03. The maximum atomic E-state index is 12.4. The van der Waals surface area contributed by atoms with Gasteiger partial charge in [0.1, 0.15) is 0 Å². The van der Waals surface area contributed by atoms with E-state index in [1.54, 1.807) is 18.3 Å². The molecule has 21 heavy (non-hydrogen) atoms. The number of pyridine rings is 1. The van der Waals surface area contributed by atoms with Crippen molar-refractivity contribution in [3.05, 3.63) is 23.9 Å². The lowest BCUT2D eigenvalue weighted by atomic mass is 10.0. The molecule has 1 fully saturated rings. The minimum Gasteiger partial charge on any atom is -0.316 e. The summed E-state index contributed by atoms with van der Waals surface area (Å²) in [4.78, 5) is 4.08. The van der Waals surface area contributed by atoms with Crippen LogP contribution >= 0.6 is 0 Å². The van der Waals surface area contributed by atoms with E-state index in [4.69, 9.17) is 0 Å². The van der Waals surface area contributed by atoms with E-state index in [-0.39, 0.29) is 11.1 Å². The zero-order valence-corrected chi connectivity index (χ0v) is 13.6. The molecule has 1 aromatic heterocycles. The van der Waals surface area contributed by atoms with Crippen molar-refractivity contribution in [2.24, 2.45) is 5.92 Å². The molecule has 1 heterocycles. The Morgan fingerprint density at radius 1 is 1.24 bits per heavy atom. The number of rotatable bonds is 5. The highest BCUT2D eigenvalue weighted by Crippen LogP contribution is 2.23. The summed E-state index contributed by atoms with van der Waals surface area (Å²) in [6.07, 6.45) is 6.81. The predicted molar refractivity (Wildman–Crippen MR) is 83.4 cm³/mol. The topological polar surface area (TPSA) is 71.1 Å². The van der Waals surface area contributed by atoms with Gasteiger partial charge in [-0.1, -0.05) is 25.8 Å². The second kappa shape index (κ2) is 7.33. The fourth-order valence-corrected chi connectivity index (χ4v) is 4.00. The van der Waals surface area contributed by atoms with Crippen LogP contribution in [0.5, 0.6) is 0 Å². The molecule has 6 heteroatoms. The molecule has 1 aliphatic carbocycles. The highest BCUT2D eigenvalue weighted by Gasteiger charge is 2.23. The molecule has 1 saturated carbocycles.